The first-order valence-electron chi connectivity index (χ1n) is 7.17. The van der Waals surface area contributed by atoms with Crippen molar-refractivity contribution < 1.29 is 9.90 Å². The molecule has 1 fully saturated rings. The van der Waals surface area contributed by atoms with Crippen molar-refractivity contribution in [2.45, 2.75) is 64.5 Å². The van der Waals surface area contributed by atoms with Gasteiger partial charge in [-0.2, -0.15) is 0 Å². The number of carboxylic acids is 1. The molecule has 0 saturated carbocycles. The molecule has 106 valence electrons. The minimum atomic E-state index is -1.03. The van der Waals surface area contributed by atoms with Gasteiger partial charge in [0.15, 0.2) is 0 Å². The molecule has 3 N–H and O–H groups in total. The number of carbonyl (C=O) groups is 1. The third-order valence-corrected chi connectivity index (χ3v) is 4.31. The maximum absolute atomic E-state index is 11.1. The van der Waals surface area contributed by atoms with Crippen LogP contribution in [0, 0.1) is 5.92 Å². The third-order valence-electron chi connectivity index (χ3n) is 4.31. The van der Waals surface area contributed by atoms with E-state index in [0.29, 0.717) is 24.8 Å². The largest absolute Gasteiger partial charge is 0.480 e. The highest BCUT2D eigenvalue weighted by Crippen LogP contribution is 2.24. The van der Waals surface area contributed by atoms with E-state index in [9.17, 15) is 4.79 Å². The first-order chi connectivity index (χ1) is 8.40. The van der Waals surface area contributed by atoms with Crippen LogP contribution in [-0.2, 0) is 4.79 Å². The average molecular weight is 256 g/mol. The maximum atomic E-state index is 11.1. The van der Waals surface area contributed by atoms with Crippen molar-refractivity contribution in [2.75, 3.05) is 13.1 Å². The van der Waals surface area contributed by atoms with E-state index in [1.54, 1.807) is 0 Å². The summed E-state index contributed by atoms with van der Waals surface area (Å²) in [4.78, 5) is 13.6. The predicted octanol–water partition coefficient (Wildman–Crippen LogP) is 2.08. The summed E-state index contributed by atoms with van der Waals surface area (Å²) in [7, 11) is 0. The van der Waals surface area contributed by atoms with Gasteiger partial charge in [0.1, 0.15) is 5.54 Å². The molecule has 1 heterocycles. The smallest absolute Gasteiger partial charge is 0.323 e. The molecule has 18 heavy (non-hydrogen) atoms. The summed E-state index contributed by atoms with van der Waals surface area (Å²) < 4.78 is 0. The van der Waals surface area contributed by atoms with E-state index in [1.807, 2.05) is 6.92 Å². The van der Waals surface area contributed by atoms with Crippen LogP contribution < -0.4 is 5.73 Å². The van der Waals surface area contributed by atoms with Crippen LogP contribution >= 0.6 is 0 Å². The Morgan fingerprint density at radius 1 is 1.56 bits per heavy atom. The topological polar surface area (TPSA) is 66.6 Å². The Hall–Kier alpha value is -0.610. The van der Waals surface area contributed by atoms with E-state index in [1.165, 1.54) is 12.8 Å². The van der Waals surface area contributed by atoms with Gasteiger partial charge in [0.05, 0.1) is 0 Å². The molecule has 1 rings (SSSR count). The molecule has 1 aliphatic heterocycles. The van der Waals surface area contributed by atoms with Crippen molar-refractivity contribution in [3.05, 3.63) is 0 Å². The molecule has 0 radical (unpaired) electrons. The number of hydrogen-bond acceptors (Lipinski definition) is 3. The van der Waals surface area contributed by atoms with Gasteiger partial charge in [-0.25, -0.2) is 0 Å². The van der Waals surface area contributed by atoms with Gasteiger partial charge < -0.3 is 15.7 Å². The maximum Gasteiger partial charge on any atom is 0.323 e. The lowest BCUT2D eigenvalue weighted by atomic mass is 9.91. The van der Waals surface area contributed by atoms with E-state index >= 15 is 0 Å². The van der Waals surface area contributed by atoms with E-state index < -0.39 is 11.5 Å². The lowest BCUT2D eigenvalue weighted by molar-refractivity contribution is -0.143. The van der Waals surface area contributed by atoms with Crippen molar-refractivity contribution in [1.29, 1.82) is 0 Å². The standard InChI is InChI=1S/C14H28N2O2/c1-4-14(15,13(17)18)8-6-10-16-9-5-7-12(16)11(2)3/h11-12H,4-10,15H2,1-3H3,(H,17,18). The fourth-order valence-electron chi connectivity index (χ4n) is 2.92. The SMILES string of the molecule is CCC(N)(CCCN1CCCC1C(C)C)C(=O)O. The lowest BCUT2D eigenvalue weighted by Gasteiger charge is -2.29. The molecule has 0 bridgehead atoms. The van der Waals surface area contributed by atoms with Gasteiger partial charge >= 0.3 is 5.97 Å². The summed E-state index contributed by atoms with van der Waals surface area (Å²) in [5.41, 5.74) is 4.87. The lowest BCUT2D eigenvalue weighted by Crippen LogP contribution is -2.48. The molecule has 2 atom stereocenters. The molecular formula is C14H28N2O2. The average Bonchev–Trinajstić information content (AvgIpc) is 2.77. The molecule has 0 aliphatic carbocycles. The molecule has 0 aromatic rings. The zero-order chi connectivity index (χ0) is 13.8. The van der Waals surface area contributed by atoms with Crippen molar-refractivity contribution in [2.24, 2.45) is 11.7 Å². The zero-order valence-corrected chi connectivity index (χ0v) is 12.0. The second-order valence-electron chi connectivity index (χ2n) is 5.91. The van der Waals surface area contributed by atoms with Crippen LogP contribution in [-0.4, -0.2) is 40.6 Å². The van der Waals surface area contributed by atoms with E-state index in [2.05, 4.69) is 18.7 Å². The first-order valence-corrected chi connectivity index (χ1v) is 7.17. The highest BCUT2D eigenvalue weighted by Gasteiger charge is 2.32. The Morgan fingerprint density at radius 3 is 2.72 bits per heavy atom. The molecule has 4 nitrogen and oxygen atoms in total. The van der Waals surface area contributed by atoms with Crippen molar-refractivity contribution in [1.82, 2.24) is 4.90 Å². The van der Waals surface area contributed by atoms with E-state index in [-0.39, 0.29) is 0 Å². The van der Waals surface area contributed by atoms with Gasteiger partial charge in [-0.1, -0.05) is 20.8 Å². The van der Waals surface area contributed by atoms with Crippen LogP contribution in [0.4, 0.5) is 0 Å². The second kappa shape index (κ2) is 6.53. The van der Waals surface area contributed by atoms with Gasteiger partial charge in [-0.15, -0.1) is 0 Å². The zero-order valence-electron chi connectivity index (χ0n) is 12.0. The highest BCUT2D eigenvalue weighted by atomic mass is 16.4. The number of nitrogens with two attached hydrogens (primary N) is 1. The molecule has 4 heteroatoms. The fourth-order valence-corrected chi connectivity index (χ4v) is 2.92. The summed E-state index contributed by atoms with van der Waals surface area (Å²) in [6.45, 7) is 8.51. The Balaban J connectivity index is 2.39. The van der Waals surface area contributed by atoms with Gasteiger partial charge in [0.25, 0.3) is 0 Å². The summed E-state index contributed by atoms with van der Waals surface area (Å²) >= 11 is 0. The number of aliphatic carboxylic acids is 1. The number of likely N-dealkylation sites (tertiary alicyclic amines) is 1. The minimum Gasteiger partial charge on any atom is -0.480 e. The van der Waals surface area contributed by atoms with E-state index in [0.717, 1.165) is 19.5 Å². The van der Waals surface area contributed by atoms with E-state index in [4.69, 9.17) is 10.8 Å². The third kappa shape index (κ3) is 3.69. The summed E-state index contributed by atoms with van der Waals surface area (Å²) in [6.07, 6.45) is 4.48. The molecule has 1 saturated heterocycles. The Bertz CT molecular complexity index is 281. The molecular weight excluding hydrogens is 228 g/mol. The fraction of sp³-hybridized carbons (Fsp3) is 0.929. The summed E-state index contributed by atoms with van der Waals surface area (Å²) in [6, 6.07) is 0.670. The number of carboxylic acid groups (broad SMARTS) is 1. The van der Waals surface area contributed by atoms with Crippen LogP contribution in [0.15, 0.2) is 0 Å². The van der Waals surface area contributed by atoms with Gasteiger partial charge in [0, 0.05) is 6.04 Å². The Kier molecular flexibility index (Phi) is 5.60. The number of nitrogens with zero attached hydrogens (tertiary/aromatic N) is 1. The first kappa shape index (κ1) is 15.4. The van der Waals surface area contributed by atoms with Crippen molar-refractivity contribution >= 4 is 5.97 Å². The van der Waals surface area contributed by atoms with Crippen LogP contribution in [0.1, 0.15) is 52.9 Å². The molecule has 0 aromatic heterocycles. The number of rotatable bonds is 7. The highest BCUT2D eigenvalue weighted by molar-refractivity contribution is 5.78. The van der Waals surface area contributed by atoms with Gasteiger partial charge in [0.2, 0.25) is 0 Å². The van der Waals surface area contributed by atoms with Crippen LogP contribution in [0.5, 0.6) is 0 Å². The van der Waals surface area contributed by atoms with Crippen molar-refractivity contribution in [3.8, 4) is 0 Å². The van der Waals surface area contributed by atoms with Crippen LogP contribution in [0.2, 0.25) is 0 Å². The quantitative estimate of drug-likeness (QED) is 0.732. The monoisotopic (exact) mass is 256 g/mol. The minimum absolute atomic E-state index is 0.496. The molecule has 2 unspecified atom stereocenters. The summed E-state index contributed by atoms with van der Waals surface area (Å²) in [5.74, 6) is -0.187. The molecule has 0 spiro atoms. The van der Waals surface area contributed by atoms with Gasteiger partial charge in [-0.05, 0) is 51.1 Å². The van der Waals surface area contributed by atoms with Gasteiger partial charge in [-0.3, -0.25) is 4.79 Å². The predicted molar refractivity (Wildman–Crippen MR) is 73.5 cm³/mol. The Morgan fingerprint density at radius 2 is 2.22 bits per heavy atom. The number of hydrogen-bond donors (Lipinski definition) is 2. The van der Waals surface area contributed by atoms with Crippen molar-refractivity contribution in [3.63, 3.8) is 0 Å². The molecule has 0 aromatic carbocycles. The van der Waals surface area contributed by atoms with Crippen LogP contribution in [0.3, 0.4) is 0 Å². The normalized spacial score (nSPS) is 24.4. The molecule has 1 aliphatic rings. The summed E-state index contributed by atoms with van der Waals surface area (Å²) in [5, 5.41) is 9.13. The Labute approximate surface area is 111 Å². The van der Waals surface area contributed by atoms with Crippen LogP contribution in [0.25, 0.3) is 0 Å². The molecule has 0 amide bonds. The second-order valence-corrected chi connectivity index (χ2v) is 5.91.